The van der Waals surface area contributed by atoms with Crippen molar-refractivity contribution in [3.05, 3.63) is 23.9 Å². The van der Waals surface area contributed by atoms with Crippen molar-refractivity contribution >= 4 is 15.8 Å². The highest BCUT2D eigenvalue weighted by molar-refractivity contribution is 7.92. The highest BCUT2D eigenvalue weighted by Gasteiger charge is 2.02. The van der Waals surface area contributed by atoms with Gasteiger partial charge in [0.15, 0.2) is 0 Å². The van der Waals surface area contributed by atoms with Crippen LogP contribution in [0.5, 0.6) is 0 Å². The Morgan fingerprint density at radius 2 is 2.31 bits per heavy atom. The van der Waals surface area contributed by atoms with Crippen LogP contribution in [0.4, 0.5) is 5.82 Å². The van der Waals surface area contributed by atoms with Gasteiger partial charge in [0.25, 0.3) is 0 Å². The fourth-order valence-electron chi connectivity index (χ4n) is 0.860. The summed E-state index contributed by atoms with van der Waals surface area (Å²) < 4.78 is 24.0. The van der Waals surface area contributed by atoms with E-state index in [1.54, 1.807) is 12.1 Å². The second-order valence-electron chi connectivity index (χ2n) is 2.65. The quantitative estimate of drug-likeness (QED) is 0.783. The van der Waals surface area contributed by atoms with Crippen LogP contribution < -0.4 is 4.72 Å². The summed E-state index contributed by atoms with van der Waals surface area (Å²) in [4.78, 5) is 4.03. The number of nitrogens with zero attached hydrogens (tertiary/aromatic N) is 1. The van der Waals surface area contributed by atoms with Gasteiger partial charge in [0, 0.05) is 6.07 Å². The van der Waals surface area contributed by atoms with Crippen molar-refractivity contribution < 1.29 is 8.42 Å². The van der Waals surface area contributed by atoms with Gasteiger partial charge < -0.3 is 0 Å². The van der Waals surface area contributed by atoms with Crippen molar-refractivity contribution in [2.45, 2.75) is 13.3 Å². The molecule has 0 amide bonds. The molecule has 0 fully saturated rings. The summed E-state index contributed by atoms with van der Waals surface area (Å²) in [6.07, 6.45) is 1.83. The molecule has 0 saturated heterocycles. The van der Waals surface area contributed by atoms with E-state index in [2.05, 4.69) is 15.8 Å². The molecule has 0 atom stereocenters. The van der Waals surface area contributed by atoms with E-state index in [4.69, 9.17) is 0 Å². The smallest absolute Gasteiger partial charge is 0.230 e. The number of rotatable bonds is 3. The minimum Gasteiger partial charge on any atom is -0.268 e. The fraction of sp³-hybridized carbons (Fsp3) is 0.375. The standard InChI is InChI=1S/C8H11N2O2S/c1-3-7-5-4-6-8(9-7)10-13(2,11)12/h4,6H,3H2,1-2H3,(H,9,10). The van der Waals surface area contributed by atoms with Crippen LogP contribution in [0.25, 0.3) is 0 Å². The molecule has 0 aliphatic rings. The molecular weight excluding hydrogens is 188 g/mol. The molecule has 1 aromatic heterocycles. The van der Waals surface area contributed by atoms with Crippen LogP contribution in [0, 0.1) is 6.07 Å². The Balaban J connectivity index is 2.90. The third-order valence-electron chi connectivity index (χ3n) is 1.37. The molecule has 0 aliphatic heterocycles. The van der Waals surface area contributed by atoms with Crippen LogP contribution in [-0.2, 0) is 16.4 Å². The molecule has 1 aromatic rings. The second-order valence-corrected chi connectivity index (χ2v) is 4.40. The van der Waals surface area contributed by atoms with Crippen molar-refractivity contribution in [1.29, 1.82) is 0 Å². The molecule has 4 nitrogen and oxygen atoms in total. The molecule has 1 rings (SSSR count). The van der Waals surface area contributed by atoms with Gasteiger partial charge in [0.1, 0.15) is 5.82 Å². The molecule has 0 aliphatic carbocycles. The minimum absolute atomic E-state index is 0.345. The molecular formula is C8H11N2O2S. The number of sulfonamides is 1. The van der Waals surface area contributed by atoms with Crippen molar-refractivity contribution in [3.63, 3.8) is 0 Å². The third kappa shape index (κ3) is 3.42. The third-order valence-corrected chi connectivity index (χ3v) is 1.95. The van der Waals surface area contributed by atoms with E-state index in [0.717, 1.165) is 18.4 Å². The molecule has 1 heterocycles. The molecule has 0 spiro atoms. The van der Waals surface area contributed by atoms with Crippen molar-refractivity contribution in [2.24, 2.45) is 0 Å². The van der Waals surface area contributed by atoms with E-state index < -0.39 is 10.0 Å². The summed E-state index contributed by atoms with van der Waals surface area (Å²) in [5.41, 5.74) is 0.744. The minimum atomic E-state index is -3.23. The lowest BCUT2D eigenvalue weighted by atomic mass is 10.3. The molecule has 13 heavy (non-hydrogen) atoms. The first-order valence-electron chi connectivity index (χ1n) is 3.86. The zero-order valence-corrected chi connectivity index (χ0v) is 8.35. The number of nitrogens with one attached hydrogen (secondary N) is 1. The van der Waals surface area contributed by atoms with Gasteiger partial charge in [0.05, 0.1) is 11.9 Å². The van der Waals surface area contributed by atoms with Crippen LogP contribution in [0.2, 0.25) is 0 Å². The highest BCUT2D eigenvalue weighted by Crippen LogP contribution is 2.05. The summed E-state index contributed by atoms with van der Waals surface area (Å²) in [6, 6.07) is 6.12. The van der Waals surface area contributed by atoms with Crippen molar-refractivity contribution in [1.82, 2.24) is 4.98 Å². The van der Waals surface area contributed by atoms with Gasteiger partial charge in [-0.3, -0.25) is 4.72 Å². The van der Waals surface area contributed by atoms with Crippen LogP contribution in [0.1, 0.15) is 12.6 Å². The van der Waals surface area contributed by atoms with Crippen molar-refractivity contribution in [3.8, 4) is 0 Å². The van der Waals surface area contributed by atoms with Crippen LogP contribution >= 0.6 is 0 Å². The lowest BCUT2D eigenvalue weighted by Crippen LogP contribution is -2.11. The highest BCUT2D eigenvalue weighted by atomic mass is 32.2. The van der Waals surface area contributed by atoms with E-state index in [1.807, 2.05) is 6.92 Å². The number of pyridine rings is 1. The average molecular weight is 199 g/mol. The number of aromatic nitrogens is 1. The molecule has 0 unspecified atom stereocenters. The van der Waals surface area contributed by atoms with Gasteiger partial charge >= 0.3 is 0 Å². The Morgan fingerprint density at radius 1 is 1.62 bits per heavy atom. The summed E-state index contributed by atoms with van der Waals surface area (Å²) >= 11 is 0. The molecule has 5 heteroatoms. The zero-order valence-electron chi connectivity index (χ0n) is 7.53. The van der Waals surface area contributed by atoms with Crippen LogP contribution in [0.15, 0.2) is 12.1 Å². The van der Waals surface area contributed by atoms with Gasteiger partial charge in [-0.15, -0.1) is 0 Å². The number of anilines is 1. The van der Waals surface area contributed by atoms with Crippen molar-refractivity contribution in [2.75, 3.05) is 11.0 Å². The monoisotopic (exact) mass is 199 g/mol. The molecule has 0 bridgehead atoms. The normalized spacial score (nSPS) is 11.2. The van der Waals surface area contributed by atoms with Crippen LogP contribution in [-0.4, -0.2) is 19.7 Å². The predicted octanol–water partition coefficient (Wildman–Crippen LogP) is 0.816. The van der Waals surface area contributed by atoms with Gasteiger partial charge in [-0.25, -0.2) is 13.4 Å². The predicted molar refractivity (Wildman–Crippen MR) is 50.9 cm³/mol. The lowest BCUT2D eigenvalue weighted by molar-refractivity contribution is 0.606. The van der Waals surface area contributed by atoms with E-state index in [0.29, 0.717) is 5.82 Å². The maximum absolute atomic E-state index is 10.8. The Morgan fingerprint density at radius 3 is 2.85 bits per heavy atom. The molecule has 1 radical (unpaired) electrons. The Bertz CT molecular complexity index is 387. The lowest BCUT2D eigenvalue weighted by Gasteiger charge is -2.03. The number of hydrogen-bond donors (Lipinski definition) is 1. The van der Waals surface area contributed by atoms with Gasteiger partial charge in [-0.2, -0.15) is 0 Å². The van der Waals surface area contributed by atoms with E-state index in [9.17, 15) is 8.42 Å². The Hall–Kier alpha value is -1.10. The van der Waals surface area contributed by atoms with Gasteiger partial charge in [0.2, 0.25) is 10.0 Å². The maximum Gasteiger partial charge on any atom is 0.230 e. The van der Waals surface area contributed by atoms with E-state index in [-0.39, 0.29) is 0 Å². The summed E-state index contributed by atoms with van der Waals surface area (Å²) in [5, 5.41) is 0. The van der Waals surface area contributed by atoms with E-state index >= 15 is 0 Å². The average Bonchev–Trinajstić information content (AvgIpc) is 2.01. The second kappa shape index (κ2) is 3.74. The molecule has 0 saturated carbocycles. The van der Waals surface area contributed by atoms with Gasteiger partial charge in [-0.1, -0.05) is 6.92 Å². The van der Waals surface area contributed by atoms with Crippen LogP contribution in [0.3, 0.4) is 0 Å². The summed E-state index contributed by atoms with van der Waals surface area (Å²) in [7, 11) is -3.23. The van der Waals surface area contributed by atoms with Gasteiger partial charge in [-0.05, 0) is 18.6 Å². The molecule has 71 valence electrons. The Labute approximate surface area is 78.1 Å². The number of aryl methyl sites for hydroxylation is 1. The first-order valence-corrected chi connectivity index (χ1v) is 5.76. The first kappa shape index (κ1) is 9.98. The summed E-state index contributed by atoms with van der Waals surface area (Å²) in [6.45, 7) is 1.93. The Kier molecular flexibility index (Phi) is 2.87. The topological polar surface area (TPSA) is 59.1 Å². The fourth-order valence-corrected chi connectivity index (χ4v) is 1.35. The molecule has 0 aromatic carbocycles. The van der Waals surface area contributed by atoms with E-state index in [1.165, 1.54) is 0 Å². The first-order chi connectivity index (χ1) is 6.01. The number of hydrogen-bond acceptors (Lipinski definition) is 3. The maximum atomic E-state index is 10.8. The molecule has 1 N–H and O–H groups in total. The summed E-state index contributed by atoms with van der Waals surface area (Å²) in [5.74, 6) is 0.345. The SMILES string of the molecule is CCc1[c]ccc(NS(C)(=O)=O)n1. The largest absolute Gasteiger partial charge is 0.268 e. The zero-order chi connectivity index (χ0) is 9.90.